The highest BCUT2D eigenvalue weighted by Gasteiger charge is 2.15. The molecule has 2 unspecified atom stereocenters. The fourth-order valence-electron chi connectivity index (χ4n) is 3.00. The maximum atomic E-state index is 11.6. The minimum atomic E-state index is 0.243. The van der Waals surface area contributed by atoms with Crippen LogP contribution in [0.15, 0.2) is 60.7 Å². The quantitative estimate of drug-likeness (QED) is 0.304. The van der Waals surface area contributed by atoms with Crippen molar-refractivity contribution in [2.45, 2.75) is 37.2 Å². The Bertz CT molecular complexity index is 671. The minimum Gasteiger partial charge on any atom is -0.300 e. The Morgan fingerprint density at radius 2 is 1.03 bits per heavy atom. The van der Waals surface area contributed by atoms with Gasteiger partial charge in [0.15, 0.2) is 0 Å². The molecule has 0 aliphatic heterocycles. The maximum absolute atomic E-state index is 11.6. The summed E-state index contributed by atoms with van der Waals surface area (Å²) >= 11 is 5.71. The summed E-state index contributed by atoms with van der Waals surface area (Å²) in [5, 5.41) is 0.503. The van der Waals surface area contributed by atoms with E-state index in [2.05, 4.69) is 24.3 Å². The van der Waals surface area contributed by atoms with Gasteiger partial charge in [-0.2, -0.15) is 35.3 Å². The molecule has 0 aromatic heterocycles. The molecule has 0 saturated carbocycles. The van der Waals surface area contributed by atoms with Gasteiger partial charge in [0.1, 0.15) is 11.6 Å². The summed E-state index contributed by atoms with van der Waals surface area (Å²) in [6, 6.07) is 20.7. The summed E-state index contributed by atoms with van der Waals surface area (Å²) in [5.74, 6) is 4.72. The fourth-order valence-corrected chi connectivity index (χ4v) is 6.89. The average molecular weight is 447 g/mol. The molecule has 0 N–H and O–H groups in total. The number of rotatable bonds is 14. The van der Waals surface area contributed by atoms with E-state index in [1.807, 2.05) is 71.7 Å². The summed E-state index contributed by atoms with van der Waals surface area (Å²) in [6.07, 6.45) is 1.19. The average Bonchev–Trinajstić information content (AvgIpc) is 2.72. The van der Waals surface area contributed by atoms with E-state index in [0.717, 1.165) is 23.0 Å². The number of benzene rings is 2. The van der Waals surface area contributed by atoms with Gasteiger partial charge in [-0.05, 0) is 25.0 Å². The second-order valence-electron chi connectivity index (χ2n) is 6.96. The fraction of sp³-hybridized carbons (Fsp3) is 0.417. The van der Waals surface area contributed by atoms with Gasteiger partial charge in [0.05, 0.1) is 0 Å². The van der Waals surface area contributed by atoms with Gasteiger partial charge in [-0.25, -0.2) is 0 Å². The van der Waals surface area contributed by atoms with Crippen molar-refractivity contribution in [2.24, 2.45) is 0 Å². The van der Waals surface area contributed by atoms with Gasteiger partial charge in [-0.3, -0.25) is 9.59 Å². The van der Waals surface area contributed by atoms with Crippen molar-refractivity contribution < 1.29 is 9.59 Å². The summed E-state index contributed by atoms with van der Waals surface area (Å²) in [6.45, 7) is 3.35. The highest BCUT2D eigenvalue weighted by atomic mass is 32.2. The lowest BCUT2D eigenvalue weighted by molar-refractivity contribution is -0.117. The number of carbonyl (C=O) groups excluding carboxylic acids is 2. The lowest BCUT2D eigenvalue weighted by Crippen LogP contribution is -2.04. The van der Waals surface area contributed by atoms with Gasteiger partial charge < -0.3 is 0 Å². The number of ketones is 2. The molecule has 29 heavy (non-hydrogen) atoms. The molecular weight excluding hydrogens is 416 g/mol. The van der Waals surface area contributed by atoms with Gasteiger partial charge in [0, 0.05) is 46.4 Å². The maximum Gasteiger partial charge on any atom is 0.131 e. The van der Waals surface area contributed by atoms with Crippen LogP contribution in [-0.4, -0.2) is 34.6 Å². The molecule has 0 aliphatic carbocycles. The van der Waals surface area contributed by atoms with Gasteiger partial charge in [-0.1, -0.05) is 60.7 Å². The zero-order chi connectivity index (χ0) is 20.9. The monoisotopic (exact) mass is 446 g/mol. The van der Waals surface area contributed by atoms with Crippen molar-refractivity contribution in [1.29, 1.82) is 0 Å². The number of hydrogen-bond donors (Lipinski definition) is 0. The Labute approximate surface area is 188 Å². The Kier molecular flexibility index (Phi) is 11.6. The Morgan fingerprint density at radius 1 is 0.655 bits per heavy atom. The topological polar surface area (TPSA) is 34.1 Å². The van der Waals surface area contributed by atoms with E-state index in [4.69, 9.17) is 0 Å². The van der Waals surface area contributed by atoms with E-state index >= 15 is 0 Å². The zero-order valence-electron chi connectivity index (χ0n) is 17.2. The third-order valence-electron chi connectivity index (χ3n) is 4.38. The molecule has 0 fully saturated rings. The SMILES string of the molecule is CC(=O)CC(SCCSCCSC(CC(C)=O)c1ccccc1)c1ccccc1. The highest BCUT2D eigenvalue weighted by Crippen LogP contribution is 2.34. The second-order valence-corrected chi connectivity index (χ2v) is 10.8. The molecule has 0 aliphatic rings. The third-order valence-corrected chi connectivity index (χ3v) is 8.45. The number of carbonyl (C=O) groups is 2. The van der Waals surface area contributed by atoms with Crippen LogP contribution >= 0.6 is 35.3 Å². The molecule has 0 bridgehead atoms. The Hall–Kier alpha value is -1.17. The van der Waals surface area contributed by atoms with Crippen LogP contribution in [0, 0.1) is 0 Å². The number of hydrogen-bond acceptors (Lipinski definition) is 5. The predicted octanol–water partition coefficient (Wildman–Crippen LogP) is 6.63. The molecule has 2 aromatic rings. The van der Waals surface area contributed by atoms with Crippen molar-refractivity contribution in [3.05, 3.63) is 71.8 Å². The lowest BCUT2D eigenvalue weighted by atomic mass is 10.1. The molecule has 5 heteroatoms. The molecule has 2 aromatic carbocycles. The Morgan fingerprint density at radius 3 is 1.38 bits per heavy atom. The summed E-state index contributed by atoms with van der Waals surface area (Å²) < 4.78 is 0. The van der Waals surface area contributed by atoms with Crippen molar-refractivity contribution in [2.75, 3.05) is 23.0 Å². The summed E-state index contributed by atoms with van der Waals surface area (Å²) in [7, 11) is 0. The standard InChI is InChI=1S/C24H30O2S3/c1-19(25)17-23(21-9-5-3-6-10-21)28-15-13-27-14-16-29-24(18-20(2)26)22-11-7-4-8-12-22/h3-12,23-24H,13-18H2,1-2H3. The zero-order valence-corrected chi connectivity index (χ0v) is 19.7. The minimum absolute atomic E-state index is 0.243. The van der Waals surface area contributed by atoms with E-state index in [1.165, 1.54) is 11.1 Å². The van der Waals surface area contributed by atoms with E-state index in [9.17, 15) is 9.59 Å². The first kappa shape index (κ1) is 24.1. The van der Waals surface area contributed by atoms with Crippen LogP contribution in [0.2, 0.25) is 0 Å². The van der Waals surface area contributed by atoms with Crippen LogP contribution in [0.3, 0.4) is 0 Å². The molecule has 156 valence electrons. The molecule has 2 atom stereocenters. The normalized spacial score (nSPS) is 13.0. The van der Waals surface area contributed by atoms with Crippen LogP contribution in [0.25, 0.3) is 0 Å². The van der Waals surface area contributed by atoms with E-state index in [0.29, 0.717) is 12.8 Å². The van der Waals surface area contributed by atoms with Crippen LogP contribution in [0.5, 0.6) is 0 Å². The predicted molar refractivity (Wildman–Crippen MR) is 131 cm³/mol. The van der Waals surface area contributed by atoms with Gasteiger partial charge >= 0.3 is 0 Å². The van der Waals surface area contributed by atoms with E-state index in [-0.39, 0.29) is 22.1 Å². The van der Waals surface area contributed by atoms with Crippen LogP contribution in [0.4, 0.5) is 0 Å². The first-order valence-corrected chi connectivity index (χ1v) is 13.2. The van der Waals surface area contributed by atoms with Crippen molar-refractivity contribution in [3.8, 4) is 0 Å². The van der Waals surface area contributed by atoms with Crippen LogP contribution < -0.4 is 0 Å². The molecule has 0 amide bonds. The molecule has 2 nitrogen and oxygen atoms in total. The first-order chi connectivity index (χ1) is 14.1. The molecule has 2 rings (SSSR count). The van der Waals surface area contributed by atoms with Crippen LogP contribution in [0.1, 0.15) is 48.3 Å². The van der Waals surface area contributed by atoms with E-state index < -0.39 is 0 Å². The molecule has 0 spiro atoms. The number of Topliss-reactive ketones (excluding diaryl/α,β-unsaturated/α-hetero) is 2. The lowest BCUT2D eigenvalue weighted by Gasteiger charge is -2.16. The second kappa shape index (κ2) is 13.9. The molecular formula is C24H30O2S3. The van der Waals surface area contributed by atoms with Gasteiger partial charge in [0.2, 0.25) is 0 Å². The molecule has 0 saturated heterocycles. The summed E-state index contributed by atoms with van der Waals surface area (Å²) in [4.78, 5) is 23.2. The van der Waals surface area contributed by atoms with Crippen molar-refractivity contribution >= 4 is 46.9 Å². The Balaban J connectivity index is 1.69. The highest BCUT2D eigenvalue weighted by molar-refractivity contribution is 8.04. The smallest absolute Gasteiger partial charge is 0.131 e. The van der Waals surface area contributed by atoms with Crippen molar-refractivity contribution in [1.82, 2.24) is 0 Å². The van der Waals surface area contributed by atoms with Gasteiger partial charge in [0.25, 0.3) is 0 Å². The van der Waals surface area contributed by atoms with Crippen LogP contribution in [-0.2, 0) is 9.59 Å². The van der Waals surface area contributed by atoms with Crippen molar-refractivity contribution in [3.63, 3.8) is 0 Å². The van der Waals surface area contributed by atoms with Gasteiger partial charge in [-0.15, -0.1) is 0 Å². The first-order valence-electron chi connectivity index (χ1n) is 9.96. The van der Waals surface area contributed by atoms with E-state index in [1.54, 1.807) is 13.8 Å². The molecule has 0 heterocycles. The molecule has 0 radical (unpaired) electrons. The summed E-state index contributed by atoms with van der Waals surface area (Å²) in [5.41, 5.74) is 2.48. The number of thioether (sulfide) groups is 3. The largest absolute Gasteiger partial charge is 0.300 e. The third kappa shape index (κ3) is 9.92.